The van der Waals surface area contributed by atoms with Crippen LogP contribution >= 0.6 is 0 Å². The van der Waals surface area contributed by atoms with E-state index in [1.54, 1.807) is 18.5 Å². The molecule has 0 N–H and O–H groups in total. The Morgan fingerprint density at radius 2 is 1.74 bits per heavy atom. The number of carbonyl (C=O) groups is 1. The van der Waals surface area contributed by atoms with Gasteiger partial charge in [0.25, 0.3) is 0 Å². The van der Waals surface area contributed by atoms with Crippen molar-refractivity contribution in [2.75, 3.05) is 0 Å². The van der Waals surface area contributed by atoms with Crippen molar-refractivity contribution >= 4 is 16.9 Å². The van der Waals surface area contributed by atoms with Gasteiger partial charge in [-0.25, -0.2) is 14.8 Å². The molecule has 5 nitrogen and oxygen atoms in total. The van der Waals surface area contributed by atoms with Crippen LogP contribution in [-0.2, 0) is 4.74 Å². The van der Waals surface area contributed by atoms with Gasteiger partial charge in [-0.05, 0) is 39.8 Å². The lowest BCUT2D eigenvalue weighted by molar-refractivity contribution is 0.00709. The van der Waals surface area contributed by atoms with Crippen molar-refractivity contribution in [3.05, 3.63) is 54.0 Å². The molecule has 0 fully saturated rings. The predicted molar refractivity (Wildman–Crippen MR) is 88.8 cm³/mol. The monoisotopic (exact) mass is 309 g/mol. The summed E-state index contributed by atoms with van der Waals surface area (Å²) in [6.07, 6.45) is 3.37. The molecule has 3 rings (SSSR count). The van der Waals surface area contributed by atoms with E-state index in [2.05, 4.69) is 9.97 Å². The molecule has 0 radical (unpaired) electrons. The molecule has 0 aliphatic heterocycles. The lowest BCUT2D eigenvalue weighted by atomic mass is 10.1. The highest BCUT2D eigenvalue weighted by Crippen LogP contribution is 2.29. The smallest absolute Gasteiger partial charge is 0.341 e. The molecule has 0 saturated carbocycles. The second kappa shape index (κ2) is 5.50. The van der Waals surface area contributed by atoms with Crippen molar-refractivity contribution < 1.29 is 9.53 Å². The van der Waals surface area contributed by atoms with Crippen LogP contribution in [0.3, 0.4) is 0 Å². The number of carbonyl (C=O) groups excluding carboxylic acids is 1. The van der Waals surface area contributed by atoms with Crippen molar-refractivity contribution in [2.45, 2.75) is 33.3 Å². The van der Waals surface area contributed by atoms with Crippen LogP contribution in [0.15, 0.2) is 42.7 Å². The zero-order chi connectivity index (χ0) is 16.6. The molecule has 1 aromatic carbocycles. The van der Waals surface area contributed by atoms with Gasteiger partial charge in [0, 0.05) is 23.5 Å². The molecule has 0 bridgehead atoms. The summed E-state index contributed by atoms with van der Waals surface area (Å²) < 4.78 is 7.45. The Bertz CT molecular complexity index is 861. The van der Waals surface area contributed by atoms with Crippen LogP contribution in [0.2, 0.25) is 0 Å². The average Bonchev–Trinajstić information content (AvgIpc) is 2.78. The van der Waals surface area contributed by atoms with Crippen molar-refractivity contribution in [1.82, 2.24) is 14.5 Å². The summed E-state index contributed by atoms with van der Waals surface area (Å²) in [7, 11) is 0. The number of esters is 1. The number of hydrogen-bond acceptors (Lipinski definition) is 4. The molecule has 118 valence electrons. The van der Waals surface area contributed by atoms with E-state index < -0.39 is 5.60 Å². The van der Waals surface area contributed by atoms with Gasteiger partial charge in [0.15, 0.2) is 0 Å². The molecule has 0 aliphatic carbocycles. The van der Waals surface area contributed by atoms with Gasteiger partial charge in [-0.1, -0.05) is 18.2 Å². The molecule has 0 unspecified atom stereocenters. The average molecular weight is 309 g/mol. The summed E-state index contributed by atoms with van der Waals surface area (Å²) in [4.78, 5) is 21.3. The zero-order valence-corrected chi connectivity index (χ0v) is 13.7. The first-order valence-electron chi connectivity index (χ1n) is 7.49. The molecule has 0 atom stereocenters. The lowest BCUT2D eigenvalue weighted by Gasteiger charge is -2.19. The van der Waals surface area contributed by atoms with Crippen LogP contribution in [0.1, 0.15) is 36.8 Å². The molecule has 2 aromatic heterocycles. The van der Waals surface area contributed by atoms with Crippen molar-refractivity contribution in [1.29, 1.82) is 0 Å². The number of nitrogens with zero attached hydrogens (tertiary/aromatic N) is 3. The third-order valence-electron chi connectivity index (χ3n) is 3.47. The first kappa shape index (κ1) is 15.2. The maximum absolute atomic E-state index is 12.7. The van der Waals surface area contributed by atoms with Crippen molar-refractivity contribution in [3.63, 3.8) is 0 Å². The topological polar surface area (TPSA) is 57.0 Å². The molecular weight excluding hydrogens is 290 g/mol. The Morgan fingerprint density at radius 1 is 1.09 bits per heavy atom. The maximum atomic E-state index is 12.7. The second-order valence-corrected chi connectivity index (χ2v) is 6.36. The third kappa shape index (κ3) is 2.82. The Kier molecular flexibility index (Phi) is 3.64. The highest BCUT2D eigenvalue weighted by Gasteiger charge is 2.25. The Balaban J connectivity index is 2.24. The van der Waals surface area contributed by atoms with Crippen LogP contribution in [0.25, 0.3) is 16.9 Å². The van der Waals surface area contributed by atoms with E-state index >= 15 is 0 Å². The van der Waals surface area contributed by atoms with Crippen LogP contribution in [0.5, 0.6) is 0 Å². The Labute approximate surface area is 134 Å². The molecule has 23 heavy (non-hydrogen) atoms. The van der Waals surface area contributed by atoms with Crippen LogP contribution in [-0.4, -0.2) is 26.1 Å². The lowest BCUT2D eigenvalue weighted by Crippen LogP contribution is -2.24. The van der Waals surface area contributed by atoms with Crippen LogP contribution < -0.4 is 0 Å². The standard InChI is InChI=1S/C18H19N3O2/c1-12-15(16(22)23-18(2,3)4)13-8-5-6-9-14(13)21(12)17-19-10-7-11-20-17/h5-11H,1-4H3. The molecule has 2 heterocycles. The summed E-state index contributed by atoms with van der Waals surface area (Å²) in [5.74, 6) is 0.205. The minimum atomic E-state index is -0.546. The number of fused-ring (bicyclic) bond motifs is 1. The van der Waals surface area contributed by atoms with E-state index in [4.69, 9.17) is 4.74 Å². The normalized spacial score (nSPS) is 11.7. The van der Waals surface area contributed by atoms with Crippen LogP contribution in [0, 0.1) is 6.92 Å². The number of benzene rings is 1. The van der Waals surface area contributed by atoms with E-state index in [1.165, 1.54) is 0 Å². The fourth-order valence-electron chi connectivity index (χ4n) is 2.62. The zero-order valence-electron chi connectivity index (χ0n) is 13.7. The quantitative estimate of drug-likeness (QED) is 0.678. The largest absolute Gasteiger partial charge is 0.456 e. The SMILES string of the molecule is Cc1c(C(=O)OC(C)(C)C)c2ccccc2n1-c1ncccn1. The third-order valence-corrected chi connectivity index (χ3v) is 3.47. The van der Waals surface area contributed by atoms with Crippen LogP contribution in [0.4, 0.5) is 0 Å². The summed E-state index contributed by atoms with van der Waals surface area (Å²) in [5, 5.41) is 0.840. The van der Waals surface area contributed by atoms with E-state index in [1.807, 2.05) is 56.5 Å². The van der Waals surface area contributed by atoms with Crippen molar-refractivity contribution in [2.24, 2.45) is 0 Å². The number of aromatic nitrogens is 3. The summed E-state index contributed by atoms with van der Waals surface area (Å²) in [6.45, 7) is 7.47. The molecule has 0 spiro atoms. The molecular formula is C18H19N3O2. The highest BCUT2D eigenvalue weighted by atomic mass is 16.6. The van der Waals surface area contributed by atoms with Crippen molar-refractivity contribution in [3.8, 4) is 5.95 Å². The molecule has 0 aliphatic rings. The predicted octanol–water partition coefficient (Wildman–Crippen LogP) is 3.68. The minimum absolute atomic E-state index is 0.333. The van der Waals surface area contributed by atoms with Gasteiger partial charge in [0.2, 0.25) is 5.95 Å². The Hall–Kier alpha value is -2.69. The van der Waals surface area contributed by atoms with E-state index in [9.17, 15) is 4.79 Å². The Morgan fingerprint density at radius 3 is 2.39 bits per heavy atom. The van der Waals surface area contributed by atoms with Gasteiger partial charge in [-0.3, -0.25) is 4.57 Å². The summed E-state index contributed by atoms with van der Waals surface area (Å²) in [5.41, 5.74) is 1.67. The maximum Gasteiger partial charge on any atom is 0.341 e. The summed E-state index contributed by atoms with van der Waals surface area (Å²) in [6, 6.07) is 9.47. The van der Waals surface area contributed by atoms with E-state index in [0.29, 0.717) is 11.5 Å². The fourth-order valence-corrected chi connectivity index (χ4v) is 2.62. The molecule has 5 heteroatoms. The number of ether oxygens (including phenoxy) is 1. The minimum Gasteiger partial charge on any atom is -0.456 e. The van der Waals surface area contributed by atoms with Gasteiger partial charge >= 0.3 is 5.97 Å². The van der Waals surface area contributed by atoms with Gasteiger partial charge in [-0.2, -0.15) is 0 Å². The molecule has 0 amide bonds. The van der Waals surface area contributed by atoms with Gasteiger partial charge in [0.05, 0.1) is 11.1 Å². The highest BCUT2D eigenvalue weighted by molar-refractivity contribution is 6.06. The van der Waals surface area contributed by atoms with E-state index in [-0.39, 0.29) is 5.97 Å². The first-order valence-corrected chi connectivity index (χ1v) is 7.49. The number of rotatable bonds is 2. The van der Waals surface area contributed by atoms with E-state index in [0.717, 1.165) is 16.6 Å². The molecule has 0 saturated heterocycles. The second-order valence-electron chi connectivity index (χ2n) is 6.36. The number of para-hydroxylation sites is 1. The first-order chi connectivity index (χ1) is 10.9. The van der Waals surface area contributed by atoms with Gasteiger partial charge < -0.3 is 4.74 Å². The summed E-state index contributed by atoms with van der Waals surface area (Å²) >= 11 is 0. The van der Waals surface area contributed by atoms with Gasteiger partial charge in [-0.15, -0.1) is 0 Å². The number of hydrogen-bond donors (Lipinski definition) is 0. The molecule has 3 aromatic rings. The fraction of sp³-hybridized carbons (Fsp3) is 0.278. The van der Waals surface area contributed by atoms with Gasteiger partial charge in [0.1, 0.15) is 5.60 Å².